The van der Waals surface area contributed by atoms with Crippen LogP contribution in [0.3, 0.4) is 0 Å². The fourth-order valence-corrected chi connectivity index (χ4v) is 1.14. The van der Waals surface area contributed by atoms with Crippen molar-refractivity contribution in [3.05, 3.63) is 45.5 Å². The Labute approximate surface area is 97.3 Å². The molecule has 17 heavy (non-hydrogen) atoms. The average molecular weight is 231 g/mol. The second-order valence-electron chi connectivity index (χ2n) is 3.10. The molecule has 0 aliphatic carbocycles. The number of non-ortho nitro benzene ring substituents is 1. The van der Waals surface area contributed by atoms with E-state index in [9.17, 15) is 14.9 Å². The molecule has 0 fully saturated rings. The summed E-state index contributed by atoms with van der Waals surface area (Å²) >= 11 is 0. The van der Waals surface area contributed by atoms with Gasteiger partial charge in [0, 0.05) is 19.2 Å². The molecule has 0 bridgehead atoms. The van der Waals surface area contributed by atoms with Gasteiger partial charge in [-0.15, -0.1) is 0 Å². The summed E-state index contributed by atoms with van der Waals surface area (Å²) in [7, 11) is 1.42. The van der Waals surface area contributed by atoms with Gasteiger partial charge >= 0.3 is 0 Å². The highest BCUT2D eigenvalue weighted by Crippen LogP contribution is 2.14. The zero-order valence-electron chi connectivity index (χ0n) is 9.01. The largest absolute Gasteiger partial charge is 0.354 e. The van der Waals surface area contributed by atoms with Crippen LogP contribution in [0.4, 0.5) is 5.69 Å². The van der Waals surface area contributed by atoms with E-state index in [1.165, 1.54) is 37.4 Å². The fraction of sp³-hybridized carbons (Fsp3) is 0.0909. The summed E-state index contributed by atoms with van der Waals surface area (Å²) in [4.78, 5) is 21.1. The van der Waals surface area contributed by atoms with Crippen molar-refractivity contribution in [1.29, 1.82) is 5.26 Å². The number of rotatable bonds is 3. The lowest BCUT2D eigenvalue weighted by molar-refractivity contribution is -0.384. The van der Waals surface area contributed by atoms with Gasteiger partial charge in [0.1, 0.15) is 11.6 Å². The molecule has 1 aromatic rings. The monoisotopic (exact) mass is 231 g/mol. The molecule has 0 radical (unpaired) electrons. The summed E-state index contributed by atoms with van der Waals surface area (Å²) in [6, 6.07) is 7.32. The maximum absolute atomic E-state index is 11.2. The lowest BCUT2D eigenvalue weighted by atomic mass is 10.1. The number of nitrogens with zero attached hydrogens (tertiary/aromatic N) is 2. The first kappa shape index (κ1) is 12.4. The second kappa shape index (κ2) is 5.42. The number of carbonyl (C=O) groups excluding carboxylic acids is 1. The molecule has 0 aliphatic rings. The molecular weight excluding hydrogens is 222 g/mol. The topological polar surface area (TPSA) is 96.0 Å². The molecule has 0 aliphatic heterocycles. The third-order valence-electron chi connectivity index (χ3n) is 2.01. The highest BCUT2D eigenvalue weighted by molar-refractivity contribution is 6.01. The Hall–Kier alpha value is -2.68. The van der Waals surface area contributed by atoms with Gasteiger partial charge < -0.3 is 5.32 Å². The molecule has 0 atom stereocenters. The van der Waals surface area contributed by atoms with Crippen molar-refractivity contribution in [2.75, 3.05) is 7.05 Å². The van der Waals surface area contributed by atoms with Crippen molar-refractivity contribution in [3.8, 4) is 6.07 Å². The molecule has 1 rings (SSSR count). The number of nitro benzene ring substituents is 1. The minimum absolute atomic E-state index is 0.0411. The summed E-state index contributed by atoms with van der Waals surface area (Å²) in [6.45, 7) is 0. The quantitative estimate of drug-likeness (QED) is 0.366. The van der Waals surface area contributed by atoms with Crippen LogP contribution in [-0.2, 0) is 4.79 Å². The van der Waals surface area contributed by atoms with Crippen molar-refractivity contribution in [3.63, 3.8) is 0 Å². The Balaban J connectivity index is 3.02. The van der Waals surface area contributed by atoms with E-state index >= 15 is 0 Å². The maximum atomic E-state index is 11.2. The van der Waals surface area contributed by atoms with E-state index in [4.69, 9.17) is 5.26 Å². The SMILES string of the molecule is CNC(=O)/C(C#N)=C\c1ccc([N+](=O)[O-])cc1. The van der Waals surface area contributed by atoms with E-state index < -0.39 is 10.8 Å². The molecule has 6 heteroatoms. The molecule has 1 N–H and O–H groups in total. The van der Waals surface area contributed by atoms with Crippen molar-refractivity contribution in [2.45, 2.75) is 0 Å². The number of carbonyl (C=O) groups is 1. The van der Waals surface area contributed by atoms with Crippen LogP contribution in [0.15, 0.2) is 29.8 Å². The van der Waals surface area contributed by atoms with Gasteiger partial charge in [-0.1, -0.05) is 0 Å². The van der Waals surface area contributed by atoms with E-state index in [0.29, 0.717) is 5.56 Å². The van der Waals surface area contributed by atoms with Crippen molar-refractivity contribution in [1.82, 2.24) is 5.32 Å². The third-order valence-corrected chi connectivity index (χ3v) is 2.01. The normalized spacial score (nSPS) is 10.5. The van der Waals surface area contributed by atoms with Gasteiger partial charge in [0.15, 0.2) is 0 Å². The molecule has 0 saturated heterocycles. The zero-order valence-corrected chi connectivity index (χ0v) is 9.01. The molecule has 1 amide bonds. The third kappa shape index (κ3) is 3.14. The van der Waals surface area contributed by atoms with Crippen LogP contribution in [0, 0.1) is 21.4 Å². The minimum atomic E-state index is -0.516. The van der Waals surface area contributed by atoms with E-state index in [2.05, 4.69) is 5.32 Å². The summed E-state index contributed by atoms with van der Waals surface area (Å²) in [6.07, 6.45) is 1.36. The standard InChI is InChI=1S/C11H9N3O3/c1-13-11(15)9(7-12)6-8-2-4-10(5-3-8)14(16)17/h2-6H,1H3,(H,13,15)/b9-6-. The summed E-state index contributed by atoms with van der Waals surface area (Å²) < 4.78 is 0. The van der Waals surface area contributed by atoms with Gasteiger partial charge in [-0.25, -0.2) is 0 Å². The van der Waals surface area contributed by atoms with Crippen LogP contribution in [0.1, 0.15) is 5.56 Å². The lowest BCUT2D eigenvalue weighted by Crippen LogP contribution is -2.19. The van der Waals surface area contributed by atoms with Gasteiger partial charge in [-0.2, -0.15) is 5.26 Å². The second-order valence-corrected chi connectivity index (χ2v) is 3.10. The summed E-state index contributed by atoms with van der Waals surface area (Å²) in [5.41, 5.74) is 0.456. The molecule has 0 heterocycles. The van der Waals surface area contributed by atoms with Crippen molar-refractivity contribution < 1.29 is 9.72 Å². The van der Waals surface area contributed by atoms with Crippen molar-refractivity contribution in [2.24, 2.45) is 0 Å². The highest BCUT2D eigenvalue weighted by atomic mass is 16.6. The Morgan fingerprint density at radius 2 is 2.06 bits per heavy atom. The predicted molar refractivity (Wildman–Crippen MR) is 60.8 cm³/mol. The minimum Gasteiger partial charge on any atom is -0.354 e. The first-order chi connectivity index (χ1) is 8.08. The smallest absolute Gasteiger partial charge is 0.269 e. The van der Waals surface area contributed by atoms with Crippen LogP contribution in [0.2, 0.25) is 0 Å². The van der Waals surface area contributed by atoms with Gasteiger partial charge in [0.2, 0.25) is 0 Å². The molecule has 1 aromatic carbocycles. The number of benzene rings is 1. The van der Waals surface area contributed by atoms with E-state index in [-0.39, 0.29) is 11.3 Å². The number of amides is 1. The van der Waals surface area contributed by atoms with E-state index in [0.717, 1.165) is 0 Å². The first-order valence-corrected chi connectivity index (χ1v) is 4.67. The number of hydrogen-bond acceptors (Lipinski definition) is 4. The number of nitrogens with one attached hydrogen (secondary N) is 1. The highest BCUT2D eigenvalue weighted by Gasteiger charge is 2.07. The molecule has 0 spiro atoms. The number of nitro groups is 1. The van der Waals surface area contributed by atoms with Gasteiger partial charge in [0.05, 0.1) is 4.92 Å². The van der Waals surface area contributed by atoms with Crippen molar-refractivity contribution >= 4 is 17.7 Å². The van der Waals surface area contributed by atoms with Gasteiger partial charge in [0.25, 0.3) is 11.6 Å². The maximum Gasteiger partial charge on any atom is 0.269 e. The average Bonchev–Trinajstić information content (AvgIpc) is 2.35. The molecule has 6 nitrogen and oxygen atoms in total. The Kier molecular flexibility index (Phi) is 3.95. The Morgan fingerprint density at radius 1 is 1.47 bits per heavy atom. The number of hydrogen-bond donors (Lipinski definition) is 1. The molecule has 0 unspecified atom stereocenters. The van der Waals surface area contributed by atoms with Crippen LogP contribution in [0.25, 0.3) is 6.08 Å². The number of likely N-dealkylation sites (N-methyl/N-ethyl adjacent to an activating group) is 1. The van der Waals surface area contributed by atoms with E-state index in [1.807, 2.05) is 0 Å². The summed E-state index contributed by atoms with van der Waals surface area (Å²) in [5.74, 6) is -0.495. The lowest BCUT2D eigenvalue weighted by Gasteiger charge is -1.97. The predicted octanol–water partition coefficient (Wildman–Crippen LogP) is 1.25. The fourth-order valence-electron chi connectivity index (χ4n) is 1.14. The van der Waals surface area contributed by atoms with Crippen LogP contribution in [0.5, 0.6) is 0 Å². The summed E-state index contributed by atoms with van der Waals surface area (Å²) in [5, 5.41) is 21.5. The zero-order chi connectivity index (χ0) is 12.8. The van der Waals surface area contributed by atoms with Crippen LogP contribution < -0.4 is 5.32 Å². The molecule has 0 aromatic heterocycles. The van der Waals surface area contributed by atoms with Crippen LogP contribution >= 0.6 is 0 Å². The first-order valence-electron chi connectivity index (χ1n) is 4.67. The Morgan fingerprint density at radius 3 is 2.47 bits per heavy atom. The molecule has 86 valence electrons. The van der Waals surface area contributed by atoms with Crippen LogP contribution in [-0.4, -0.2) is 17.9 Å². The molecular formula is C11H9N3O3. The Bertz CT molecular complexity index is 512. The molecule has 0 saturated carbocycles. The van der Waals surface area contributed by atoms with Gasteiger partial charge in [-0.05, 0) is 23.8 Å². The number of nitriles is 1. The van der Waals surface area contributed by atoms with E-state index in [1.54, 1.807) is 6.07 Å². The van der Waals surface area contributed by atoms with Gasteiger partial charge in [-0.3, -0.25) is 14.9 Å².